The smallest absolute Gasteiger partial charge is 0.315 e. The number of methoxy groups -OCH3 is 1. The first-order chi connectivity index (χ1) is 9.54. The molecular weight excluding hydrogens is 260 g/mol. The van der Waals surface area contributed by atoms with E-state index in [0.29, 0.717) is 19.4 Å². The number of urea groups is 1. The van der Waals surface area contributed by atoms with Gasteiger partial charge in [-0.3, -0.25) is 4.79 Å². The quantitative estimate of drug-likeness (QED) is 0.714. The average molecular weight is 284 g/mol. The van der Waals surface area contributed by atoms with Crippen LogP contribution in [0.4, 0.5) is 4.79 Å². The van der Waals surface area contributed by atoms with Gasteiger partial charge in [0.2, 0.25) is 0 Å². The Kier molecular flexibility index (Phi) is 4.86. The Bertz CT molecular complexity index is 360. The molecule has 114 valence electrons. The van der Waals surface area contributed by atoms with E-state index in [-0.39, 0.29) is 23.5 Å². The van der Waals surface area contributed by atoms with Gasteiger partial charge in [-0.25, -0.2) is 4.79 Å². The van der Waals surface area contributed by atoms with Crippen molar-refractivity contribution < 1.29 is 19.4 Å². The summed E-state index contributed by atoms with van der Waals surface area (Å²) in [6, 6.07) is -0.0641. The summed E-state index contributed by atoms with van der Waals surface area (Å²) in [4.78, 5) is 22.9. The van der Waals surface area contributed by atoms with E-state index in [1.807, 2.05) is 0 Å². The van der Waals surface area contributed by atoms with E-state index in [9.17, 15) is 9.59 Å². The second-order valence-electron chi connectivity index (χ2n) is 6.05. The first-order valence-corrected chi connectivity index (χ1v) is 7.35. The summed E-state index contributed by atoms with van der Waals surface area (Å²) in [6.45, 7) is 0.548. The van der Waals surface area contributed by atoms with Gasteiger partial charge in [-0.2, -0.15) is 0 Å². The predicted octanol–water partition coefficient (Wildman–Crippen LogP) is 1.50. The van der Waals surface area contributed by atoms with Gasteiger partial charge in [-0.1, -0.05) is 0 Å². The molecule has 2 amide bonds. The molecule has 0 bridgehead atoms. The minimum Gasteiger partial charge on any atom is -0.481 e. The Labute approximate surface area is 119 Å². The van der Waals surface area contributed by atoms with Gasteiger partial charge in [0, 0.05) is 13.2 Å². The number of hydrogen-bond acceptors (Lipinski definition) is 3. The van der Waals surface area contributed by atoms with Crippen LogP contribution in [0.2, 0.25) is 0 Å². The van der Waals surface area contributed by atoms with Crippen LogP contribution in [-0.2, 0) is 9.53 Å². The van der Waals surface area contributed by atoms with Crippen LogP contribution in [0.1, 0.15) is 44.9 Å². The highest BCUT2D eigenvalue weighted by molar-refractivity contribution is 5.75. The number of carbonyl (C=O) groups is 2. The maximum Gasteiger partial charge on any atom is 0.315 e. The fraction of sp³-hybridized carbons (Fsp3) is 0.857. The lowest BCUT2D eigenvalue weighted by Crippen LogP contribution is -2.60. The molecule has 2 aliphatic rings. The van der Waals surface area contributed by atoms with Crippen molar-refractivity contribution in [3.63, 3.8) is 0 Å². The zero-order valence-corrected chi connectivity index (χ0v) is 12.0. The number of amides is 2. The van der Waals surface area contributed by atoms with Crippen molar-refractivity contribution in [3.05, 3.63) is 0 Å². The molecule has 2 rings (SSSR count). The third-order valence-corrected chi connectivity index (χ3v) is 4.52. The van der Waals surface area contributed by atoms with Crippen LogP contribution in [0.5, 0.6) is 0 Å². The van der Waals surface area contributed by atoms with Gasteiger partial charge in [-0.05, 0) is 44.9 Å². The van der Waals surface area contributed by atoms with Crippen LogP contribution in [0.25, 0.3) is 0 Å². The van der Waals surface area contributed by atoms with Gasteiger partial charge in [0.05, 0.1) is 18.1 Å². The number of ether oxygens (including phenoxy) is 1. The average Bonchev–Trinajstić information content (AvgIpc) is 2.37. The van der Waals surface area contributed by atoms with Crippen molar-refractivity contribution in [1.82, 2.24) is 10.6 Å². The zero-order valence-electron chi connectivity index (χ0n) is 12.0. The molecule has 0 atom stereocenters. The van der Waals surface area contributed by atoms with Crippen molar-refractivity contribution in [1.29, 1.82) is 0 Å². The third kappa shape index (κ3) is 3.62. The van der Waals surface area contributed by atoms with Gasteiger partial charge in [0.25, 0.3) is 0 Å². The monoisotopic (exact) mass is 284 g/mol. The van der Waals surface area contributed by atoms with Gasteiger partial charge >= 0.3 is 12.0 Å². The molecule has 20 heavy (non-hydrogen) atoms. The van der Waals surface area contributed by atoms with Crippen LogP contribution >= 0.6 is 0 Å². The molecule has 0 unspecified atom stereocenters. The van der Waals surface area contributed by atoms with Crippen LogP contribution < -0.4 is 10.6 Å². The van der Waals surface area contributed by atoms with Crippen molar-refractivity contribution in [2.75, 3.05) is 13.7 Å². The second kappa shape index (κ2) is 6.43. The summed E-state index contributed by atoms with van der Waals surface area (Å²) in [7, 11) is 1.65. The molecule has 6 nitrogen and oxygen atoms in total. The molecule has 0 aromatic carbocycles. The Hall–Kier alpha value is -1.30. The molecule has 3 N–H and O–H groups in total. The van der Waals surface area contributed by atoms with Gasteiger partial charge in [-0.15, -0.1) is 0 Å². The molecule has 0 aliphatic heterocycles. The van der Waals surface area contributed by atoms with Gasteiger partial charge in [0.1, 0.15) is 0 Å². The summed E-state index contributed by atoms with van der Waals surface area (Å²) >= 11 is 0. The highest BCUT2D eigenvalue weighted by Crippen LogP contribution is 2.32. The second-order valence-corrected chi connectivity index (χ2v) is 6.05. The molecule has 0 aromatic rings. The van der Waals surface area contributed by atoms with Crippen molar-refractivity contribution in [2.24, 2.45) is 5.92 Å². The Morgan fingerprint density at radius 3 is 2.35 bits per heavy atom. The molecule has 0 heterocycles. The number of carbonyl (C=O) groups excluding carboxylic acids is 1. The molecular formula is C14H24N2O4. The molecule has 0 spiro atoms. The van der Waals surface area contributed by atoms with Gasteiger partial charge in [0.15, 0.2) is 0 Å². The van der Waals surface area contributed by atoms with E-state index in [2.05, 4.69) is 10.6 Å². The number of rotatable bonds is 5. The molecule has 6 heteroatoms. The fourth-order valence-electron chi connectivity index (χ4n) is 3.13. The van der Waals surface area contributed by atoms with Crippen molar-refractivity contribution in [3.8, 4) is 0 Å². The molecule has 0 saturated heterocycles. The summed E-state index contributed by atoms with van der Waals surface area (Å²) in [5.41, 5.74) is -0.197. The van der Waals surface area contributed by atoms with E-state index in [0.717, 1.165) is 32.1 Å². The maximum atomic E-state index is 12.0. The minimum absolute atomic E-state index is 0.0882. The summed E-state index contributed by atoms with van der Waals surface area (Å²) in [5.74, 6) is -0.969. The lowest BCUT2D eigenvalue weighted by atomic mass is 9.77. The van der Waals surface area contributed by atoms with Crippen molar-refractivity contribution in [2.45, 2.75) is 56.5 Å². The maximum absolute atomic E-state index is 12.0. The number of hydrogen-bond donors (Lipinski definition) is 3. The van der Waals surface area contributed by atoms with E-state index in [1.54, 1.807) is 7.11 Å². The number of carboxylic acid groups (broad SMARTS) is 1. The fourth-order valence-corrected chi connectivity index (χ4v) is 3.13. The van der Waals surface area contributed by atoms with E-state index >= 15 is 0 Å². The predicted molar refractivity (Wildman–Crippen MR) is 73.5 cm³/mol. The Balaban J connectivity index is 1.74. The van der Waals surface area contributed by atoms with Crippen LogP contribution in [0.15, 0.2) is 0 Å². The van der Waals surface area contributed by atoms with Crippen LogP contribution in [0, 0.1) is 5.92 Å². The lowest BCUT2D eigenvalue weighted by molar-refractivity contribution is -0.142. The first kappa shape index (κ1) is 15.1. The molecule has 2 fully saturated rings. The number of aliphatic carboxylic acids is 1. The minimum atomic E-state index is -0.721. The Morgan fingerprint density at radius 1 is 1.25 bits per heavy atom. The highest BCUT2D eigenvalue weighted by Gasteiger charge is 2.39. The van der Waals surface area contributed by atoms with E-state index in [1.165, 1.54) is 0 Å². The number of carboxylic acids is 1. The molecule has 2 aliphatic carbocycles. The third-order valence-electron chi connectivity index (χ3n) is 4.52. The lowest BCUT2D eigenvalue weighted by Gasteiger charge is -2.42. The normalized spacial score (nSPS) is 28.2. The topological polar surface area (TPSA) is 87.7 Å². The largest absolute Gasteiger partial charge is 0.481 e. The molecule has 0 radical (unpaired) electrons. The van der Waals surface area contributed by atoms with Crippen LogP contribution in [0.3, 0.4) is 0 Å². The SMILES string of the molecule is COCC1(NC(=O)NC2CCC(C(=O)O)CC2)CCC1. The van der Waals surface area contributed by atoms with Gasteiger partial charge < -0.3 is 20.5 Å². The standard InChI is InChI=1S/C14H24N2O4/c1-20-9-14(7-2-8-14)16-13(19)15-11-5-3-10(4-6-11)12(17)18/h10-11H,2-9H2,1H3,(H,17,18)(H2,15,16,19). The zero-order chi connectivity index (χ0) is 14.6. The first-order valence-electron chi connectivity index (χ1n) is 7.35. The summed E-state index contributed by atoms with van der Waals surface area (Å²) in [6.07, 6.45) is 5.80. The van der Waals surface area contributed by atoms with E-state index in [4.69, 9.17) is 9.84 Å². The molecule has 0 aromatic heterocycles. The summed E-state index contributed by atoms with van der Waals surface area (Å²) in [5, 5.41) is 14.9. The molecule has 2 saturated carbocycles. The van der Waals surface area contributed by atoms with Crippen molar-refractivity contribution >= 4 is 12.0 Å². The van der Waals surface area contributed by atoms with Crippen LogP contribution in [-0.4, -0.2) is 42.4 Å². The Morgan fingerprint density at radius 2 is 1.90 bits per heavy atom. The van der Waals surface area contributed by atoms with E-state index < -0.39 is 5.97 Å². The summed E-state index contributed by atoms with van der Waals surface area (Å²) < 4.78 is 5.17. The highest BCUT2D eigenvalue weighted by atomic mass is 16.5. The number of nitrogens with one attached hydrogen (secondary N) is 2.